The molecule has 0 aromatic carbocycles. The molecule has 0 radical (unpaired) electrons. The zero-order valence-corrected chi connectivity index (χ0v) is 10.1. The number of allylic oxidation sites excluding steroid dienone is 2. The molecular formula is C8H13Cl2O3P. The quantitative estimate of drug-likeness (QED) is 0.379. The van der Waals surface area contributed by atoms with E-state index in [2.05, 4.69) is 0 Å². The van der Waals surface area contributed by atoms with Gasteiger partial charge >= 0.3 is 8.25 Å². The zero-order valence-electron chi connectivity index (χ0n) is 7.62. The summed E-state index contributed by atoms with van der Waals surface area (Å²) in [5.74, 6) is 1.02. The normalized spacial score (nSPS) is 13.6. The van der Waals surface area contributed by atoms with Crippen molar-refractivity contribution in [2.24, 2.45) is 0 Å². The molecule has 82 valence electrons. The van der Waals surface area contributed by atoms with E-state index in [-0.39, 0.29) is 0 Å². The van der Waals surface area contributed by atoms with Crippen molar-refractivity contribution in [2.45, 2.75) is 12.8 Å². The van der Waals surface area contributed by atoms with Crippen LogP contribution in [0.1, 0.15) is 12.8 Å². The minimum Gasteiger partial charge on any atom is -0.426 e. The Kier molecular flexibility index (Phi) is 10.9. The van der Waals surface area contributed by atoms with Crippen LogP contribution in [0.4, 0.5) is 0 Å². The summed E-state index contributed by atoms with van der Waals surface area (Å²) in [6.07, 6.45) is 7.39. The molecule has 0 saturated heterocycles. The van der Waals surface area contributed by atoms with Crippen LogP contribution in [0.3, 0.4) is 0 Å². The van der Waals surface area contributed by atoms with E-state index in [0.29, 0.717) is 24.6 Å². The topological polar surface area (TPSA) is 35.5 Å². The fourth-order valence-electron chi connectivity index (χ4n) is 0.497. The Hall–Kier alpha value is -0.110. The van der Waals surface area contributed by atoms with Gasteiger partial charge in [-0.15, -0.1) is 23.2 Å². The molecule has 0 aromatic heterocycles. The van der Waals surface area contributed by atoms with Crippen LogP contribution < -0.4 is 0 Å². The predicted octanol–water partition coefficient (Wildman–Crippen LogP) is 3.69. The maximum Gasteiger partial charge on any atom is 0.417 e. The molecule has 0 unspecified atom stereocenters. The number of rotatable bonds is 8. The first-order valence-corrected chi connectivity index (χ1v) is 6.40. The highest BCUT2D eigenvalue weighted by molar-refractivity contribution is 7.33. The van der Waals surface area contributed by atoms with Crippen LogP contribution in [0.15, 0.2) is 24.7 Å². The van der Waals surface area contributed by atoms with Crippen molar-refractivity contribution in [3.63, 3.8) is 0 Å². The van der Waals surface area contributed by atoms with E-state index in [0.717, 1.165) is 0 Å². The molecule has 0 bridgehead atoms. The third-order valence-electron chi connectivity index (χ3n) is 1.07. The van der Waals surface area contributed by atoms with Crippen molar-refractivity contribution in [3.8, 4) is 0 Å². The van der Waals surface area contributed by atoms with Gasteiger partial charge in [-0.05, 0) is 25.0 Å². The highest BCUT2D eigenvalue weighted by Gasteiger charge is 1.91. The first-order chi connectivity index (χ1) is 6.81. The van der Waals surface area contributed by atoms with Crippen LogP contribution in [0.5, 0.6) is 0 Å². The summed E-state index contributed by atoms with van der Waals surface area (Å²) in [7, 11) is -2.46. The van der Waals surface area contributed by atoms with E-state index in [1.54, 1.807) is 12.2 Å². The van der Waals surface area contributed by atoms with Gasteiger partial charge in [0.15, 0.2) is 0 Å². The van der Waals surface area contributed by atoms with Gasteiger partial charge in [-0.1, -0.05) is 0 Å². The average molecular weight is 259 g/mol. The van der Waals surface area contributed by atoms with Crippen molar-refractivity contribution in [3.05, 3.63) is 24.7 Å². The molecule has 0 aliphatic rings. The highest BCUT2D eigenvalue weighted by atomic mass is 35.5. The Morgan fingerprint density at radius 3 is 1.79 bits per heavy atom. The van der Waals surface area contributed by atoms with Crippen molar-refractivity contribution >= 4 is 31.5 Å². The van der Waals surface area contributed by atoms with Gasteiger partial charge in [0, 0.05) is 11.8 Å². The SMILES string of the molecule is O=[PH](OC=CCCCl)OC=CCCCl. The van der Waals surface area contributed by atoms with Gasteiger partial charge in [-0.2, -0.15) is 0 Å². The molecule has 14 heavy (non-hydrogen) atoms. The fourth-order valence-corrected chi connectivity index (χ4v) is 1.22. The van der Waals surface area contributed by atoms with Crippen molar-refractivity contribution in [1.82, 2.24) is 0 Å². The first kappa shape index (κ1) is 13.9. The Morgan fingerprint density at radius 1 is 1.00 bits per heavy atom. The van der Waals surface area contributed by atoms with Crippen LogP contribution >= 0.6 is 31.5 Å². The first-order valence-electron chi connectivity index (χ1n) is 4.10. The summed E-state index contributed by atoms with van der Waals surface area (Å²) in [5.41, 5.74) is 0. The summed E-state index contributed by atoms with van der Waals surface area (Å²) < 4.78 is 20.4. The van der Waals surface area contributed by atoms with E-state index >= 15 is 0 Å². The standard InChI is InChI=1S/C8H13Cl2O3P/c9-5-1-3-7-12-14(11)13-8-4-2-6-10/h3-4,7-8,14H,1-2,5-6H2. The predicted molar refractivity (Wildman–Crippen MR) is 60.1 cm³/mol. The second-order valence-corrected chi connectivity index (χ2v) is 3.91. The largest absolute Gasteiger partial charge is 0.426 e. The van der Waals surface area contributed by atoms with Gasteiger partial charge in [-0.25, -0.2) is 4.57 Å². The smallest absolute Gasteiger partial charge is 0.417 e. The van der Waals surface area contributed by atoms with Crippen LogP contribution in [-0.2, 0) is 13.6 Å². The van der Waals surface area contributed by atoms with E-state index in [9.17, 15) is 4.57 Å². The molecule has 0 fully saturated rings. The van der Waals surface area contributed by atoms with Gasteiger partial charge in [-0.3, -0.25) is 0 Å². The Balaban J connectivity index is 3.45. The Bertz CT molecular complexity index is 187. The maximum absolute atomic E-state index is 10.9. The second kappa shape index (κ2) is 11.0. The van der Waals surface area contributed by atoms with Gasteiger partial charge in [0.2, 0.25) is 0 Å². The molecule has 0 aliphatic heterocycles. The van der Waals surface area contributed by atoms with E-state index < -0.39 is 8.25 Å². The van der Waals surface area contributed by atoms with Crippen LogP contribution in [-0.4, -0.2) is 11.8 Å². The summed E-state index contributed by atoms with van der Waals surface area (Å²) in [4.78, 5) is 0. The average Bonchev–Trinajstić information content (AvgIpc) is 2.19. The molecule has 0 heterocycles. The number of halogens is 2. The third-order valence-corrected chi connectivity index (χ3v) is 2.17. The third kappa shape index (κ3) is 9.97. The van der Waals surface area contributed by atoms with Gasteiger partial charge in [0.05, 0.1) is 12.5 Å². The summed E-state index contributed by atoms with van der Waals surface area (Å²) in [6.45, 7) is 0. The molecule has 3 nitrogen and oxygen atoms in total. The molecule has 0 rings (SSSR count). The van der Waals surface area contributed by atoms with Gasteiger partial charge in [0.1, 0.15) is 0 Å². The highest BCUT2D eigenvalue weighted by Crippen LogP contribution is 2.24. The molecule has 0 aliphatic carbocycles. The van der Waals surface area contributed by atoms with Gasteiger partial charge in [0.25, 0.3) is 0 Å². The molecule has 0 N–H and O–H groups in total. The van der Waals surface area contributed by atoms with Crippen molar-refractivity contribution in [2.75, 3.05) is 11.8 Å². The molecule has 0 atom stereocenters. The van der Waals surface area contributed by atoms with Crippen molar-refractivity contribution < 1.29 is 13.6 Å². The van der Waals surface area contributed by atoms with Crippen molar-refractivity contribution in [1.29, 1.82) is 0 Å². The lowest BCUT2D eigenvalue weighted by Gasteiger charge is -1.98. The van der Waals surface area contributed by atoms with E-state index in [1.807, 2.05) is 0 Å². The summed E-state index contributed by atoms with van der Waals surface area (Å²) >= 11 is 10.8. The summed E-state index contributed by atoms with van der Waals surface area (Å²) in [6, 6.07) is 0. The molecule has 6 heteroatoms. The molecule has 0 aromatic rings. The van der Waals surface area contributed by atoms with Crippen LogP contribution in [0.25, 0.3) is 0 Å². The minimum absolute atomic E-state index is 0.511. The zero-order chi connectivity index (χ0) is 10.6. The lowest BCUT2D eigenvalue weighted by Crippen LogP contribution is -1.72. The van der Waals surface area contributed by atoms with E-state index in [4.69, 9.17) is 32.2 Å². The molecule has 0 amide bonds. The monoisotopic (exact) mass is 258 g/mol. The minimum atomic E-state index is -2.46. The summed E-state index contributed by atoms with van der Waals surface area (Å²) in [5, 5.41) is 0. The number of alkyl halides is 2. The fraction of sp³-hybridized carbons (Fsp3) is 0.500. The lowest BCUT2D eigenvalue weighted by molar-refractivity contribution is 0.354. The molecular weight excluding hydrogens is 246 g/mol. The Morgan fingerprint density at radius 2 is 1.43 bits per heavy atom. The number of hydrogen-bond donors (Lipinski definition) is 0. The lowest BCUT2D eigenvalue weighted by atomic mass is 10.5. The van der Waals surface area contributed by atoms with Gasteiger partial charge < -0.3 is 9.05 Å². The van der Waals surface area contributed by atoms with Crippen LogP contribution in [0.2, 0.25) is 0 Å². The second-order valence-electron chi connectivity index (χ2n) is 2.18. The van der Waals surface area contributed by atoms with Crippen LogP contribution in [0, 0.1) is 0 Å². The number of hydrogen-bond acceptors (Lipinski definition) is 3. The van der Waals surface area contributed by atoms with E-state index in [1.165, 1.54) is 12.5 Å². The molecule has 0 saturated carbocycles. The Labute approximate surface area is 94.6 Å². The maximum atomic E-state index is 10.9. The molecule has 0 spiro atoms.